The van der Waals surface area contributed by atoms with E-state index < -0.39 is 0 Å². The first-order valence-electron chi connectivity index (χ1n) is 2.39. The van der Waals surface area contributed by atoms with E-state index in [0.717, 1.165) is 5.71 Å². The topological polar surface area (TPSA) is 64.4 Å². The number of aliphatic imine (C=N–C) groups is 1. The minimum Gasteiger partial charge on any atom is -0.405 e. The van der Waals surface area contributed by atoms with Crippen LogP contribution >= 0.6 is 0 Å². The van der Waals surface area contributed by atoms with Gasteiger partial charge in [0.1, 0.15) is 0 Å². The lowest BCUT2D eigenvalue weighted by molar-refractivity contribution is 1.27. The highest BCUT2D eigenvalue weighted by Crippen LogP contribution is 1.73. The van der Waals surface area contributed by atoms with Gasteiger partial charge in [0.15, 0.2) is 0 Å². The molecule has 0 spiro atoms. The van der Waals surface area contributed by atoms with Crippen LogP contribution in [-0.4, -0.2) is 19.3 Å². The van der Waals surface area contributed by atoms with Gasteiger partial charge < -0.3 is 11.5 Å². The van der Waals surface area contributed by atoms with Gasteiger partial charge in [-0.05, 0) is 12.3 Å². The van der Waals surface area contributed by atoms with Crippen molar-refractivity contribution in [1.82, 2.24) is 0 Å². The minimum atomic E-state index is 0.449. The fourth-order valence-corrected chi connectivity index (χ4v) is 0.345. The molecule has 8 heavy (non-hydrogen) atoms. The second kappa shape index (κ2) is 4.33. The summed E-state index contributed by atoms with van der Waals surface area (Å²) in [6.45, 7) is 0.449. The van der Waals surface area contributed by atoms with E-state index in [9.17, 15) is 0 Å². The highest BCUT2D eigenvalue weighted by Gasteiger charge is 1.82. The Morgan fingerprint density at radius 2 is 2.38 bits per heavy atom. The van der Waals surface area contributed by atoms with E-state index >= 15 is 0 Å². The van der Waals surface area contributed by atoms with E-state index in [-0.39, 0.29) is 0 Å². The predicted molar refractivity (Wildman–Crippen MR) is 35.7 cm³/mol. The molecule has 0 atom stereocenters. The number of rotatable bonds is 2. The minimum absolute atomic E-state index is 0.449. The lowest BCUT2D eigenvalue weighted by Crippen LogP contribution is -2.11. The molecule has 0 radical (unpaired) electrons. The van der Waals surface area contributed by atoms with Crippen molar-refractivity contribution in [2.45, 2.75) is 0 Å². The summed E-state index contributed by atoms with van der Waals surface area (Å²) in [6.07, 6.45) is 3.11. The molecule has 46 valence electrons. The lowest BCUT2D eigenvalue weighted by Gasteiger charge is -1.89. The molecule has 0 aliphatic carbocycles. The number of hydrogen-bond donors (Lipinski definition) is 2. The molecule has 3 nitrogen and oxygen atoms in total. The molecule has 0 unspecified atom stereocenters. The van der Waals surface area contributed by atoms with Crippen LogP contribution in [0.4, 0.5) is 0 Å². The standard InChI is InChI=1S/C5H11N3/c1-8-5(4-7)2-3-6/h2-3H,4,6-7H2,1H3/b3-2-,8-5?. The second-order valence-electron chi connectivity index (χ2n) is 1.28. The molecule has 0 aliphatic heterocycles. The zero-order valence-corrected chi connectivity index (χ0v) is 4.96. The van der Waals surface area contributed by atoms with E-state index in [2.05, 4.69) is 4.99 Å². The molecule has 0 bridgehead atoms. The van der Waals surface area contributed by atoms with Crippen molar-refractivity contribution < 1.29 is 0 Å². The van der Waals surface area contributed by atoms with Gasteiger partial charge in [0.25, 0.3) is 0 Å². The molecule has 0 heterocycles. The van der Waals surface area contributed by atoms with Gasteiger partial charge in [-0.2, -0.15) is 0 Å². The fraction of sp³-hybridized carbons (Fsp3) is 0.400. The summed E-state index contributed by atoms with van der Waals surface area (Å²) in [5.74, 6) is 0. The van der Waals surface area contributed by atoms with Crippen molar-refractivity contribution in [2.24, 2.45) is 16.5 Å². The molecule has 0 fully saturated rings. The Morgan fingerprint density at radius 3 is 2.50 bits per heavy atom. The van der Waals surface area contributed by atoms with Gasteiger partial charge in [0, 0.05) is 19.3 Å². The van der Waals surface area contributed by atoms with Crippen LogP contribution < -0.4 is 11.5 Å². The summed E-state index contributed by atoms with van der Waals surface area (Å²) in [6, 6.07) is 0. The number of nitrogens with zero attached hydrogens (tertiary/aromatic N) is 1. The van der Waals surface area contributed by atoms with Crippen LogP contribution in [0.3, 0.4) is 0 Å². The Morgan fingerprint density at radius 1 is 1.75 bits per heavy atom. The van der Waals surface area contributed by atoms with Crippen LogP contribution in [0.1, 0.15) is 0 Å². The maximum atomic E-state index is 5.23. The third-order valence-electron chi connectivity index (χ3n) is 0.785. The first kappa shape index (κ1) is 7.17. The van der Waals surface area contributed by atoms with Crippen molar-refractivity contribution in [1.29, 1.82) is 0 Å². The summed E-state index contributed by atoms with van der Waals surface area (Å²) in [5.41, 5.74) is 11.1. The van der Waals surface area contributed by atoms with Gasteiger partial charge in [0.2, 0.25) is 0 Å². The molecule has 0 aromatic heterocycles. The third kappa shape index (κ3) is 2.36. The summed E-state index contributed by atoms with van der Waals surface area (Å²) in [7, 11) is 1.68. The average Bonchev–Trinajstić information content (AvgIpc) is 1.83. The number of hydrogen-bond acceptors (Lipinski definition) is 3. The SMILES string of the molecule is CN=C(/C=C\N)CN. The molecule has 0 aliphatic rings. The first-order chi connectivity index (χ1) is 3.85. The van der Waals surface area contributed by atoms with Crippen molar-refractivity contribution in [3.05, 3.63) is 12.3 Å². The van der Waals surface area contributed by atoms with Gasteiger partial charge in [0.05, 0.1) is 0 Å². The zero-order valence-electron chi connectivity index (χ0n) is 4.96. The zero-order chi connectivity index (χ0) is 6.41. The molecule has 0 amide bonds. The predicted octanol–water partition coefficient (Wildman–Crippen LogP) is -0.512. The summed E-state index contributed by atoms with van der Waals surface area (Å²) in [5, 5.41) is 0. The van der Waals surface area contributed by atoms with Crippen molar-refractivity contribution in [2.75, 3.05) is 13.6 Å². The normalized spacial score (nSPS) is 13.0. The van der Waals surface area contributed by atoms with Gasteiger partial charge in [-0.25, -0.2) is 0 Å². The Hall–Kier alpha value is -0.830. The molecule has 0 saturated heterocycles. The summed E-state index contributed by atoms with van der Waals surface area (Å²) >= 11 is 0. The average molecular weight is 113 g/mol. The van der Waals surface area contributed by atoms with Crippen LogP contribution in [0, 0.1) is 0 Å². The molecule has 0 saturated carbocycles. The monoisotopic (exact) mass is 113 g/mol. The Bertz CT molecular complexity index is 101. The maximum absolute atomic E-state index is 5.23. The second-order valence-corrected chi connectivity index (χ2v) is 1.28. The first-order valence-corrected chi connectivity index (χ1v) is 2.39. The Labute approximate surface area is 49.1 Å². The van der Waals surface area contributed by atoms with E-state index in [1.165, 1.54) is 6.20 Å². The molecular formula is C5H11N3. The quantitative estimate of drug-likeness (QED) is 0.474. The van der Waals surface area contributed by atoms with E-state index in [0.29, 0.717) is 6.54 Å². The Balaban J connectivity index is 3.72. The third-order valence-corrected chi connectivity index (χ3v) is 0.785. The van der Waals surface area contributed by atoms with Crippen LogP contribution in [0.15, 0.2) is 17.3 Å². The molecule has 3 heteroatoms. The van der Waals surface area contributed by atoms with Crippen molar-refractivity contribution in [3.8, 4) is 0 Å². The molecule has 0 aromatic carbocycles. The summed E-state index contributed by atoms with van der Waals surface area (Å²) in [4.78, 5) is 3.82. The largest absolute Gasteiger partial charge is 0.405 e. The fourth-order valence-electron chi connectivity index (χ4n) is 0.345. The van der Waals surface area contributed by atoms with Crippen molar-refractivity contribution in [3.63, 3.8) is 0 Å². The van der Waals surface area contributed by atoms with Gasteiger partial charge >= 0.3 is 0 Å². The molecule has 4 N–H and O–H groups in total. The van der Waals surface area contributed by atoms with Crippen molar-refractivity contribution >= 4 is 5.71 Å². The molecule has 0 aromatic rings. The van der Waals surface area contributed by atoms with Crippen LogP contribution in [0.5, 0.6) is 0 Å². The van der Waals surface area contributed by atoms with Gasteiger partial charge in [-0.15, -0.1) is 0 Å². The number of nitrogens with two attached hydrogens (primary N) is 2. The van der Waals surface area contributed by atoms with E-state index in [1.54, 1.807) is 13.1 Å². The van der Waals surface area contributed by atoms with E-state index in [1.807, 2.05) is 0 Å². The Kier molecular flexibility index (Phi) is 3.88. The van der Waals surface area contributed by atoms with E-state index in [4.69, 9.17) is 11.5 Å². The molecule has 0 rings (SSSR count). The maximum Gasteiger partial charge on any atom is 0.0495 e. The summed E-state index contributed by atoms with van der Waals surface area (Å²) < 4.78 is 0. The van der Waals surface area contributed by atoms with Crippen LogP contribution in [0.2, 0.25) is 0 Å². The molecular weight excluding hydrogens is 102 g/mol. The van der Waals surface area contributed by atoms with Crippen LogP contribution in [0.25, 0.3) is 0 Å². The van der Waals surface area contributed by atoms with Gasteiger partial charge in [-0.3, -0.25) is 4.99 Å². The van der Waals surface area contributed by atoms with Gasteiger partial charge in [-0.1, -0.05) is 0 Å². The highest BCUT2D eigenvalue weighted by atomic mass is 14.7. The highest BCUT2D eigenvalue weighted by molar-refractivity contribution is 5.96. The van der Waals surface area contributed by atoms with Crippen LogP contribution in [-0.2, 0) is 0 Å². The smallest absolute Gasteiger partial charge is 0.0495 e. The lowest BCUT2D eigenvalue weighted by atomic mass is 10.4.